The number of hydrogen-bond acceptors (Lipinski definition) is 5. The third-order valence-corrected chi connectivity index (χ3v) is 1.80. The largest absolute Gasteiger partial charge is 0.480 e. The first-order valence-electron chi connectivity index (χ1n) is 4.02. The van der Waals surface area contributed by atoms with Crippen LogP contribution in [0, 0.1) is 0 Å². The smallest absolute Gasteiger partial charge is 0.322 e. The van der Waals surface area contributed by atoms with E-state index in [2.05, 4.69) is 0 Å². The van der Waals surface area contributed by atoms with Crippen LogP contribution in [0.3, 0.4) is 0 Å². The van der Waals surface area contributed by atoms with Gasteiger partial charge < -0.3 is 26.2 Å². The zero-order valence-electron chi connectivity index (χ0n) is 7.55. The first-order valence-corrected chi connectivity index (χ1v) is 4.02. The molecule has 1 amide bonds. The summed E-state index contributed by atoms with van der Waals surface area (Å²) in [6, 6.07) is -1.28. The number of rotatable bonds is 3. The molecule has 7 nitrogen and oxygen atoms in total. The molecule has 0 saturated carbocycles. The molecule has 15 heavy (non-hydrogen) atoms. The zero-order valence-corrected chi connectivity index (χ0v) is 7.55. The molecule has 0 saturated heterocycles. The quantitative estimate of drug-likeness (QED) is 0.433. The summed E-state index contributed by atoms with van der Waals surface area (Å²) in [5.74, 6) is -3.45. The summed E-state index contributed by atoms with van der Waals surface area (Å²) in [7, 11) is 0. The third kappa shape index (κ3) is 2.64. The van der Waals surface area contributed by atoms with Crippen molar-refractivity contribution in [3.63, 3.8) is 0 Å². The van der Waals surface area contributed by atoms with Crippen molar-refractivity contribution in [3.8, 4) is 0 Å². The van der Waals surface area contributed by atoms with Gasteiger partial charge in [-0.05, 0) is 0 Å². The number of carbonyl (C=O) groups excluding carboxylic acids is 1. The number of amides is 1. The van der Waals surface area contributed by atoms with Crippen molar-refractivity contribution in [2.45, 2.75) is 12.4 Å². The van der Waals surface area contributed by atoms with E-state index in [9.17, 15) is 19.1 Å². The number of carboxylic acids is 1. The number of aliphatic carboxylic acids is 1. The Morgan fingerprint density at radius 1 is 1.80 bits per heavy atom. The maximum atomic E-state index is 12.8. The van der Waals surface area contributed by atoms with Crippen molar-refractivity contribution in [1.82, 2.24) is 10.2 Å². The number of carbonyl (C=O) groups is 2. The average Bonchev–Trinajstić information content (AvgIpc) is 2.13. The molecule has 0 spiro atoms. The molecule has 1 rings (SSSR count). The second kappa shape index (κ2) is 4.24. The lowest BCUT2D eigenvalue weighted by atomic mass is 10.3. The van der Waals surface area contributed by atoms with Gasteiger partial charge in [-0.25, -0.2) is 0 Å². The van der Waals surface area contributed by atoms with Crippen LogP contribution < -0.4 is 11.1 Å². The number of aliphatic hydroxyl groups is 1. The van der Waals surface area contributed by atoms with Crippen LogP contribution in [-0.4, -0.2) is 45.9 Å². The van der Waals surface area contributed by atoms with E-state index in [-0.39, 0.29) is 6.54 Å². The minimum absolute atomic E-state index is 0.315. The molecular formula is C7H10FN3O4. The van der Waals surface area contributed by atoms with Crippen LogP contribution in [0.25, 0.3) is 0 Å². The fourth-order valence-electron chi connectivity index (χ4n) is 1.00. The van der Waals surface area contributed by atoms with E-state index in [1.807, 2.05) is 5.32 Å². The van der Waals surface area contributed by atoms with Crippen LogP contribution in [-0.2, 0) is 9.59 Å². The molecule has 0 aromatic carbocycles. The van der Waals surface area contributed by atoms with Crippen molar-refractivity contribution in [3.05, 3.63) is 12.0 Å². The Bertz CT molecular complexity index is 319. The molecule has 84 valence electrons. The summed E-state index contributed by atoms with van der Waals surface area (Å²) in [6.45, 7) is -0.315. The summed E-state index contributed by atoms with van der Waals surface area (Å²) in [6.07, 6.45) is -0.755. The van der Waals surface area contributed by atoms with Gasteiger partial charge in [-0.15, -0.1) is 0 Å². The van der Waals surface area contributed by atoms with Crippen molar-refractivity contribution < 1.29 is 24.2 Å². The predicted molar refractivity (Wildman–Crippen MR) is 45.7 cm³/mol. The van der Waals surface area contributed by atoms with Crippen LogP contribution in [0.5, 0.6) is 0 Å². The van der Waals surface area contributed by atoms with Gasteiger partial charge in [0.1, 0.15) is 6.04 Å². The van der Waals surface area contributed by atoms with Crippen molar-refractivity contribution >= 4 is 11.9 Å². The lowest BCUT2D eigenvalue weighted by Crippen LogP contribution is -2.54. The molecule has 1 heterocycles. The predicted octanol–water partition coefficient (Wildman–Crippen LogP) is -2.08. The minimum Gasteiger partial charge on any atom is -0.480 e. The van der Waals surface area contributed by atoms with Gasteiger partial charge in [0.2, 0.25) is 12.2 Å². The fraction of sp³-hybridized carbons (Fsp3) is 0.429. The van der Waals surface area contributed by atoms with Gasteiger partial charge in [0.05, 0.1) is 0 Å². The Morgan fingerprint density at radius 2 is 2.40 bits per heavy atom. The van der Waals surface area contributed by atoms with Gasteiger partial charge in [-0.1, -0.05) is 0 Å². The Hall–Kier alpha value is -1.67. The monoisotopic (exact) mass is 219 g/mol. The van der Waals surface area contributed by atoms with Gasteiger partial charge in [0, 0.05) is 12.7 Å². The maximum Gasteiger partial charge on any atom is 0.322 e. The van der Waals surface area contributed by atoms with E-state index >= 15 is 0 Å². The van der Waals surface area contributed by atoms with Gasteiger partial charge >= 0.3 is 5.97 Å². The molecular weight excluding hydrogens is 209 g/mol. The van der Waals surface area contributed by atoms with Crippen molar-refractivity contribution in [2.75, 3.05) is 6.54 Å². The molecule has 5 N–H and O–H groups in total. The molecule has 0 fully saturated rings. The number of halogens is 1. The summed E-state index contributed by atoms with van der Waals surface area (Å²) < 4.78 is 12.8. The first kappa shape index (κ1) is 11.4. The molecule has 0 aliphatic carbocycles. The van der Waals surface area contributed by atoms with E-state index in [4.69, 9.17) is 10.8 Å². The van der Waals surface area contributed by atoms with Gasteiger partial charge in [0.15, 0.2) is 0 Å². The Morgan fingerprint density at radius 3 is 2.93 bits per heavy atom. The Labute approximate surface area is 84.0 Å². The van der Waals surface area contributed by atoms with Gasteiger partial charge in [-0.2, -0.15) is 4.39 Å². The highest BCUT2D eigenvalue weighted by Crippen LogP contribution is 2.09. The molecule has 0 aromatic rings. The molecule has 0 bridgehead atoms. The maximum absolute atomic E-state index is 12.8. The number of aliphatic hydroxyl groups excluding tert-OH is 1. The Balaban J connectivity index is 2.70. The van der Waals surface area contributed by atoms with E-state index in [1.165, 1.54) is 0 Å². The molecule has 0 aromatic heterocycles. The van der Waals surface area contributed by atoms with Gasteiger partial charge in [-0.3, -0.25) is 9.59 Å². The van der Waals surface area contributed by atoms with Crippen LogP contribution in [0.2, 0.25) is 0 Å². The summed E-state index contributed by atoms with van der Waals surface area (Å²) in [4.78, 5) is 22.0. The lowest BCUT2D eigenvalue weighted by Gasteiger charge is -2.30. The van der Waals surface area contributed by atoms with E-state index < -0.39 is 30.1 Å². The highest BCUT2D eigenvalue weighted by Gasteiger charge is 2.27. The standard InChI is InChI=1S/C7H10FN3O4/c8-3-1-11(2-4(9)6(13)14)7(15)10-5(3)12/h1,4,7,15H,2,9H2,(H,10,12)(H,13,14)/t4-,7?/m0/s1. The fourth-order valence-corrected chi connectivity index (χ4v) is 1.00. The minimum atomic E-state index is -1.47. The van der Waals surface area contributed by atoms with Crippen LogP contribution in [0.1, 0.15) is 0 Å². The van der Waals surface area contributed by atoms with Gasteiger partial charge in [0.25, 0.3) is 5.91 Å². The SMILES string of the molecule is N[C@@H](CN1C=C(F)C(=O)NC1O)C(=O)O. The van der Waals surface area contributed by atoms with E-state index in [1.54, 1.807) is 0 Å². The van der Waals surface area contributed by atoms with Crippen molar-refractivity contribution in [2.24, 2.45) is 5.73 Å². The van der Waals surface area contributed by atoms with Crippen LogP contribution >= 0.6 is 0 Å². The first-order chi connectivity index (χ1) is 6.91. The molecule has 1 aliphatic heterocycles. The highest BCUT2D eigenvalue weighted by molar-refractivity contribution is 5.91. The number of nitrogens with zero attached hydrogens (tertiary/aromatic N) is 1. The highest BCUT2D eigenvalue weighted by atomic mass is 19.1. The number of carboxylic acid groups (broad SMARTS) is 1. The van der Waals surface area contributed by atoms with Crippen LogP contribution in [0.15, 0.2) is 12.0 Å². The zero-order chi connectivity index (χ0) is 11.6. The average molecular weight is 219 g/mol. The Kier molecular flexibility index (Phi) is 3.22. The second-order valence-electron chi connectivity index (χ2n) is 2.97. The van der Waals surface area contributed by atoms with E-state index in [0.29, 0.717) is 6.20 Å². The summed E-state index contributed by atoms with van der Waals surface area (Å²) in [5, 5.41) is 19.6. The number of nitrogens with one attached hydrogen (secondary N) is 1. The normalized spacial score (nSPS) is 23.1. The molecule has 1 unspecified atom stereocenters. The molecule has 0 radical (unpaired) electrons. The molecule has 2 atom stereocenters. The summed E-state index contributed by atoms with van der Waals surface area (Å²) in [5.41, 5.74) is 5.17. The topological polar surface area (TPSA) is 116 Å². The number of nitrogens with two attached hydrogens (primary N) is 1. The third-order valence-electron chi connectivity index (χ3n) is 1.80. The second-order valence-corrected chi connectivity index (χ2v) is 2.97. The van der Waals surface area contributed by atoms with E-state index in [0.717, 1.165) is 4.90 Å². The summed E-state index contributed by atoms with van der Waals surface area (Å²) >= 11 is 0. The molecule has 1 aliphatic rings. The lowest BCUT2D eigenvalue weighted by molar-refractivity contribution is -0.139. The van der Waals surface area contributed by atoms with Crippen LogP contribution in [0.4, 0.5) is 4.39 Å². The molecule has 8 heteroatoms. The number of hydrogen-bond donors (Lipinski definition) is 4. The van der Waals surface area contributed by atoms with Crippen molar-refractivity contribution in [1.29, 1.82) is 0 Å².